The number of aromatic nitrogens is 1. The molecule has 0 saturated heterocycles. The standard InChI is InChI=1S/C13H12ClN3/c1-10(11-3-2-8-15-9-11)16-17-13-6-4-12(14)5-7-13/h2-9,17H,1H3. The molecule has 0 fully saturated rings. The second-order valence-corrected chi connectivity index (χ2v) is 3.99. The van der Waals surface area contributed by atoms with Crippen molar-refractivity contribution in [3.05, 3.63) is 59.4 Å². The van der Waals surface area contributed by atoms with E-state index in [1.165, 1.54) is 0 Å². The zero-order valence-electron chi connectivity index (χ0n) is 9.39. The fourth-order valence-electron chi connectivity index (χ4n) is 1.31. The second-order valence-electron chi connectivity index (χ2n) is 3.56. The predicted molar refractivity (Wildman–Crippen MR) is 71.5 cm³/mol. The van der Waals surface area contributed by atoms with Gasteiger partial charge >= 0.3 is 0 Å². The summed E-state index contributed by atoms with van der Waals surface area (Å²) in [5.41, 5.74) is 5.75. The number of halogens is 1. The van der Waals surface area contributed by atoms with E-state index in [9.17, 15) is 0 Å². The van der Waals surface area contributed by atoms with Crippen LogP contribution in [0.3, 0.4) is 0 Å². The molecule has 3 nitrogen and oxygen atoms in total. The van der Waals surface area contributed by atoms with Gasteiger partial charge in [-0.15, -0.1) is 0 Å². The van der Waals surface area contributed by atoms with E-state index in [1.54, 1.807) is 12.4 Å². The Balaban J connectivity index is 2.08. The number of pyridine rings is 1. The predicted octanol–water partition coefficient (Wildman–Crippen LogP) is 3.57. The van der Waals surface area contributed by atoms with Crippen LogP contribution in [0.15, 0.2) is 53.9 Å². The summed E-state index contributed by atoms with van der Waals surface area (Å²) in [6.07, 6.45) is 3.52. The van der Waals surface area contributed by atoms with Gasteiger partial charge in [-0.2, -0.15) is 5.10 Å². The van der Waals surface area contributed by atoms with Gasteiger partial charge in [0, 0.05) is 23.0 Å². The summed E-state index contributed by atoms with van der Waals surface area (Å²) in [7, 11) is 0. The van der Waals surface area contributed by atoms with Gasteiger partial charge in [-0.1, -0.05) is 17.7 Å². The average Bonchev–Trinajstić information content (AvgIpc) is 2.39. The van der Waals surface area contributed by atoms with Crippen LogP contribution in [-0.4, -0.2) is 10.7 Å². The Morgan fingerprint density at radius 1 is 1.24 bits per heavy atom. The molecular weight excluding hydrogens is 234 g/mol. The molecule has 0 aliphatic heterocycles. The smallest absolute Gasteiger partial charge is 0.0663 e. The fraction of sp³-hybridized carbons (Fsp3) is 0.0769. The Morgan fingerprint density at radius 2 is 2.00 bits per heavy atom. The summed E-state index contributed by atoms with van der Waals surface area (Å²) >= 11 is 5.80. The quantitative estimate of drug-likeness (QED) is 0.663. The van der Waals surface area contributed by atoms with Gasteiger partial charge in [0.2, 0.25) is 0 Å². The molecule has 0 aliphatic carbocycles. The molecular formula is C13H12ClN3. The summed E-state index contributed by atoms with van der Waals surface area (Å²) < 4.78 is 0. The van der Waals surface area contributed by atoms with Gasteiger partial charge in [-0.05, 0) is 37.3 Å². The van der Waals surface area contributed by atoms with Gasteiger partial charge in [0.25, 0.3) is 0 Å². The number of anilines is 1. The Morgan fingerprint density at radius 3 is 2.65 bits per heavy atom. The molecule has 86 valence electrons. The first kappa shape index (κ1) is 11.6. The molecule has 1 heterocycles. The van der Waals surface area contributed by atoms with Crippen LogP contribution in [-0.2, 0) is 0 Å². The molecule has 4 heteroatoms. The molecule has 0 aliphatic rings. The van der Waals surface area contributed by atoms with Crippen molar-refractivity contribution in [1.82, 2.24) is 4.98 Å². The fourth-order valence-corrected chi connectivity index (χ4v) is 1.44. The van der Waals surface area contributed by atoms with Crippen LogP contribution >= 0.6 is 11.6 Å². The Bertz CT molecular complexity index is 506. The lowest BCUT2D eigenvalue weighted by molar-refractivity contribution is 1.28. The van der Waals surface area contributed by atoms with Crippen molar-refractivity contribution in [3.63, 3.8) is 0 Å². The zero-order valence-corrected chi connectivity index (χ0v) is 10.1. The van der Waals surface area contributed by atoms with Gasteiger partial charge in [0.05, 0.1) is 11.4 Å². The Kier molecular flexibility index (Phi) is 3.73. The lowest BCUT2D eigenvalue weighted by Gasteiger charge is -2.03. The summed E-state index contributed by atoms with van der Waals surface area (Å²) in [6.45, 7) is 1.93. The highest BCUT2D eigenvalue weighted by Crippen LogP contribution is 2.13. The summed E-state index contributed by atoms with van der Waals surface area (Å²) in [6, 6.07) is 11.2. The molecule has 0 saturated carbocycles. The minimum Gasteiger partial charge on any atom is -0.278 e. The van der Waals surface area contributed by atoms with Crippen molar-refractivity contribution >= 4 is 23.0 Å². The van der Waals surface area contributed by atoms with Gasteiger partial charge in [0.1, 0.15) is 0 Å². The molecule has 0 atom stereocenters. The van der Waals surface area contributed by atoms with Crippen molar-refractivity contribution < 1.29 is 0 Å². The van der Waals surface area contributed by atoms with E-state index in [1.807, 2.05) is 43.3 Å². The van der Waals surface area contributed by atoms with E-state index in [-0.39, 0.29) is 0 Å². The van der Waals surface area contributed by atoms with Crippen molar-refractivity contribution in [1.29, 1.82) is 0 Å². The van der Waals surface area contributed by atoms with Crippen LogP contribution in [0.1, 0.15) is 12.5 Å². The first-order valence-electron chi connectivity index (χ1n) is 5.22. The topological polar surface area (TPSA) is 37.3 Å². The molecule has 0 bridgehead atoms. The monoisotopic (exact) mass is 245 g/mol. The first-order chi connectivity index (χ1) is 8.25. The molecule has 1 aromatic heterocycles. The van der Waals surface area contributed by atoms with Crippen LogP contribution in [0.5, 0.6) is 0 Å². The van der Waals surface area contributed by atoms with Gasteiger partial charge in [-0.25, -0.2) is 0 Å². The van der Waals surface area contributed by atoms with E-state index in [4.69, 9.17) is 11.6 Å². The van der Waals surface area contributed by atoms with Crippen molar-refractivity contribution in [3.8, 4) is 0 Å². The van der Waals surface area contributed by atoms with Crippen LogP contribution in [0.4, 0.5) is 5.69 Å². The lowest BCUT2D eigenvalue weighted by atomic mass is 10.2. The van der Waals surface area contributed by atoms with Gasteiger partial charge in [-0.3, -0.25) is 10.4 Å². The lowest BCUT2D eigenvalue weighted by Crippen LogP contribution is -1.99. The molecule has 1 aromatic carbocycles. The van der Waals surface area contributed by atoms with E-state index in [0.29, 0.717) is 5.02 Å². The number of rotatable bonds is 3. The number of hydrazone groups is 1. The van der Waals surface area contributed by atoms with Gasteiger partial charge < -0.3 is 0 Å². The highest BCUT2D eigenvalue weighted by atomic mass is 35.5. The van der Waals surface area contributed by atoms with Crippen LogP contribution in [0.2, 0.25) is 5.02 Å². The normalized spacial score (nSPS) is 11.3. The zero-order chi connectivity index (χ0) is 12.1. The molecule has 2 aromatic rings. The highest BCUT2D eigenvalue weighted by Gasteiger charge is 1.96. The minimum absolute atomic E-state index is 0.712. The average molecular weight is 246 g/mol. The maximum atomic E-state index is 5.80. The van der Waals surface area contributed by atoms with E-state index in [0.717, 1.165) is 17.0 Å². The third kappa shape index (κ3) is 3.29. The molecule has 0 amide bonds. The number of nitrogens with zero attached hydrogens (tertiary/aromatic N) is 2. The second kappa shape index (κ2) is 5.46. The molecule has 0 unspecified atom stereocenters. The molecule has 17 heavy (non-hydrogen) atoms. The Hall–Kier alpha value is -1.87. The van der Waals surface area contributed by atoms with Crippen molar-refractivity contribution in [2.45, 2.75) is 6.92 Å². The largest absolute Gasteiger partial charge is 0.278 e. The first-order valence-corrected chi connectivity index (χ1v) is 5.60. The summed E-state index contributed by atoms with van der Waals surface area (Å²) in [5, 5.41) is 4.99. The number of hydrogen-bond donors (Lipinski definition) is 1. The number of nitrogens with one attached hydrogen (secondary N) is 1. The SMILES string of the molecule is CC(=NNc1ccc(Cl)cc1)c1cccnc1. The van der Waals surface area contributed by atoms with Crippen LogP contribution in [0, 0.1) is 0 Å². The third-order valence-corrected chi connectivity index (χ3v) is 2.53. The van der Waals surface area contributed by atoms with Crippen molar-refractivity contribution in [2.75, 3.05) is 5.43 Å². The summed E-state index contributed by atoms with van der Waals surface area (Å²) in [4.78, 5) is 4.05. The molecule has 0 radical (unpaired) electrons. The number of hydrogen-bond acceptors (Lipinski definition) is 3. The Labute approximate surface area is 105 Å². The van der Waals surface area contributed by atoms with E-state index >= 15 is 0 Å². The maximum Gasteiger partial charge on any atom is 0.0663 e. The van der Waals surface area contributed by atoms with Crippen LogP contribution < -0.4 is 5.43 Å². The number of benzene rings is 1. The summed E-state index contributed by atoms with van der Waals surface area (Å²) in [5.74, 6) is 0. The minimum atomic E-state index is 0.712. The van der Waals surface area contributed by atoms with Crippen molar-refractivity contribution in [2.24, 2.45) is 5.10 Å². The molecule has 0 spiro atoms. The van der Waals surface area contributed by atoms with Gasteiger partial charge in [0.15, 0.2) is 0 Å². The highest BCUT2D eigenvalue weighted by molar-refractivity contribution is 6.30. The van der Waals surface area contributed by atoms with Crippen LogP contribution in [0.25, 0.3) is 0 Å². The maximum absolute atomic E-state index is 5.80. The van der Waals surface area contributed by atoms with E-state index in [2.05, 4.69) is 15.5 Å². The third-order valence-electron chi connectivity index (χ3n) is 2.28. The molecule has 2 rings (SSSR count). The van der Waals surface area contributed by atoms with E-state index < -0.39 is 0 Å². The molecule has 1 N–H and O–H groups in total.